The minimum atomic E-state index is -4.07. The van der Waals surface area contributed by atoms with Gasteiger partial charge in [-0.2, -0.15) is 9.29 Å². The van der Waals surface area contributed by atoms with E-state index in [0.717, 1.165) is 12.1 Å². The smallest absolute Gasteiger partial charge is 0.257 e. The van der Waals surface area contributed by atoms with E-state index in [1.165, 1.54) is 28.6 Å². The Morgan fingerprint density at radius 1 is 0.966 bits per heavy atom. The summed E-state index contributed by atoms with van der Waals surface area (Å²) >= 11 is 0. The zero-order chi connectivity index (χ0) is 20.6. The van der Waals surface area contributed by atoms with Gasteiger partial charge in [0.25, 0.3) is 5.89 Å². The van der Waals surface area contributed by atoms with Gasteiger partial charge in [-0.3, -0.25) is 0 Å². The third-order valence-corrected chi connectivity index (χ3v) is 6.80. The summed E-state index contributed by atoms with van der Waals surface area (Å²) in [6, 6.07) is 8.03. The molecule has 3 aromatic rings. The number of hydrogen-bond acceptors (Lipinski definition) is 5. The SMILES string of the molecule is O=S(=O)(c1ccc(F)cc1F)N1CCC(c2noc(-c3ccc(F)cc3)n2)CC1. The Balaban J connectivity index is 1.46. The number of rotatable bonds is 4. The molecule has 0 bridgehead atoms. The lowest BCUT2D eigenvalue weighted by atomic mass is 9.97. The minimum Gasteiger partial charge on any atom is -0.334 e. The molecule has 0 radical (unpaired) electrons. The first-order valence-corrected chi connectivity index (χ1v) is 10.3. The molecule has 0 saturated carbocycles. The summed E-state index contributed by atoms with van der Waals surface area (Å²) in [4.78, 5) is 3.79. The van der Waals surface area contributed by atoms with E-state index >= 15 is 0 Å². The van der Waals surface area contributed by atoms with Crippen molar-refractivity contribution in [3.63, 3.8) is 0 Å². The van der Waals surface area contributed by atoms with Crippen molar-refractivity contribution in [2.24, 2.45) is 0 Å². The molecule has 0 atom stereocenters. The van der Waals surface area contributed by atoms with E-state index in [1.54, 1.807) is 0 Å². The van der Waals surface area contributed by atoms with Crippen LogP contribution in [0.15, 0.2) is 51.9 Å². The summed E-state index contributed by atoms with van der Waals surface area (Å²) in [5.74, 6) is -1.77. The van der Waals surface area contributed by atoms with Gasteiger partial charge in [0.05, 0.1) is 0 Å². The molecule has 29 heavy (non-hydrogen) atoms. The number of nitrogens with zero attached hydrogens (tertiary/aromatic N) is 3. The van der Waals surface area contributed by atoms with Crippen LogP contribution in [0.25, 0.3) is 11.5 Å². The summed E-state index contributed by atoms with van der Waals surface area (Å²) in [5, 5.41) is 3.96. The molecule has 2 heterocycles. The molecule has 0 unspecified atom stereocenters. The van der Waals surface area contributed by atoms with Crippen LogP contribution in [0.2, 0.25) is 0 Å². The Kier molecular flexibility index (Phi) is 5.13. The van der Waals surface area contributed by atoms with Gasteiger partial charge in [0.2, 0.25) is 10.0 Å². The van der Waals surface area contributed by atoms with Crippen molar-refractivity contribution >= 4 is 10.0 Å². The number of piperidine rings is 1. The Morgan fingerprint density at radius 2 is 1.62 bits per heavy atom. The molecule has 6 nitrogen and oxygen atoms in total. The standard InChI is InChI=1S/C19H16F3N3O3S/c20-14-3-1-13(2-4-14)19-23-18(24-28-19)12-7-9-25(10-8-12)29(26,27)17-6-5-15(21)11-16(17)22/h1-6,11-12H,7-10H2. The first-order valence-electron chi connectivity index (χ1n) is 8.89. The average molecular weight is 423 g/mol. The van der Waals surface area contributed by atoms with Crippen molar-refractivity contribution in [2.45, 2.75) is 23.7 Å². The number of benzene rings is 2. The third kappa shape index (κ3) is 3.90. The van der Waals surface area contributed by atoms with Gasteiger partial charge in [0, 0.05) is 30.6 Å². The summed E-state index contributed by atoms with van der Waals surface area (Å²) in [7, 11) is -4.07. The number of halogens is 3. The second-order valence-electron chi connectivity index (χ2n) is 6.72. The maximum Gasteiger partial charge on any atom is 0.257 e. The largest absolute Gasteiger partial charge is 0.334 e. The highest BCUT2D eigenvalue weighted by molar-refractivity contribution is 7.89. The molecule has 1 saturated heterocycles. The fourth-order valence-corrected chi connectivity index (χ4v) is 4.80. The fourth-order valence-electron chi connectivity index (χ4n) is 3.29. The van der Waals surface area contributed by atoms with Crippen LogP contribution < -0.4 is 0 Å². The van der Waals surface area contributed by atoms with Crippen LogP contribution in [0.1, 0.15) is 24.6 Å². The van der Waals surface area contributed by atoms with E-state index < -0.39 is 26.6 Å². The Bertz CT molecular complexity index is 1130. The lowest BCUT2D eigenvalue weighted by Crippen LogP contribution is -2.38. The summed E-state index contributed by atoms with van der Waals surface area (Å²) < 4.78 is 71.8. The lowest BCUT2D eigenvalue weighted by molar-refractivity contribution is 0.306. The first kappa shape index (κ1) is 19.6. The van der Waals surface area contributed by atoms with Crippen molar-refractivity contribution in [3.8, 4) is 11.5 Å². The monoisotopic (exact) mass is 423 g/mol. The second-order valence-corrected chi connectivity index (χ2v) is 8.62. The molecule has 0 aliphatic carbocycles. The Morgan fingerprint density at radius 3 is 2.28 bits per heavy atom. The molecule has 0 amide bonds. The maximum absolute atomic E-state index is 13.9. The Hall–Kier alpha value is -2.72. The molecule has 1 aliphatic heterocycles. The van der Waals surface area contributed by atoms with Crippen LogP contribution in [0, 0.1) is 17.5 Å². The minimum absolute atomic E-state index is 0.127. The highest BCUT2D eigenvalue weighted by atomic mass is 32.2. The number of sulfonamides is 1. The quantitative estimate of drug-likeness (QED) is 0.639. The first-order chi connectivity index (χ1) is 13.8. The van der Waals surface area contributed by atoms with Crippen LogP contribution in [0.3, 0.4) is 0 Å². The average Bonchev–Trinajstić information content (AvgIpc) is 3.18. The Labute approximate surface area is 165 Å². The van der Waals surface area contributed by atoms with Gasteiger partial charge in [-0.05, 0) is 49.2 Å². The fraction of sp³-hybridized carbons (Fsp3) is 0.263. The molecule has 152 valence electrons. The molecule has 2 aromatic carbocycles. The van der Waals surface area contributed by atoms with Crippen LogP contribution in [-0.2, 0) is 10.0 Å². The van der Waals surface area contributed by atoms with E-state index in [-0.39, 0.29) is 30.7 Å². The van der Waals surface area contributed by atoms with Crippen molar-refractivity contribution in [1.29, 1.82) is 0 Å². The molecule has 1 aromatic heterocycles. The van der Waals surface area contributed by atoms with E-state index in [2.05, 4.69) is 10.1 Å². The van der Waals surface area contributed by atoms with E-state index in [0.29, 0.717) is 30.3 Å². The van der Waals surface area contributed by atoms with E-state index in [9.17, 15) is 21.6 Å². The second kappa shape index (κ2) is 7.60. The predicted octanol–water partition coefficient (Wildman–Crippen LogP) is 3.72. The van der Waals surface area contributed by atoms with Crippen LogP contribution in [-0.4, -0.2) is 36.0 Å². The highest BCUT2D eigenvalue weighted by Crippen LogP contribution is 2.31. The van der Waals surface area contributed by atoms with Crippen molar-refractivity contribution in [1.82, 2.24) is 14.4 Å². The zero-order valence-corrected chi connectivity index (χ0v) is 15.9. The van der Waals surface area contributed by atoms with Gasteiger partial charge < -0.3 is 4.52 Å². The lowest BCUT2D eigenvalue weighted by Gasteiger charge is -2.29. The van der Waals surface area contributed by atoms with E-state index in [4.69, 9.17) is 4.52 Å². The third-order valence-electron chi connectivity index (χ3n) is 4.86. The van der Waals surface area contributed by atoms with Gasteiger partial charge in [0.1, 0.15) is 22.3 Å². The summed E-state index contributed by atoms with van der Waals surface area (Å²) in [5.41, 5.74) is 0.581. The zero-order valence-electron chi connectivity index (χ0n) is 15.1. The molecular weight excluding hydrogens is 407 g/mol. The molecule has 0 spiro atoms. The van der Waals surface area contributed by atoms with Crippen molar-refractivity contribution in [3.05, 3.63) is 65.7 Å². The van der Waals surface area contributed by atoms with Gasteiger partial charge in [0.15, 0.2) is 5.82 Å². The van der Waals surface area contributed by atoms with Crippen molar-refractivity contribution < 1.29 is 26.1 Å². The molecule has 10 heteroatoms. The van der Waals surface area contributed by atoms with Gasteiger partial charge in [-0.1, -0.05) is 5.16 Å². The van der Waals surface area contributed by atoms with Crippen LogP contribution in [0.4, 0.5) is 13.2 Å². The number of hydrogen-bond donors (Lipinski definition) is 0. The van der Waals surface area contributed by atoms with Crippen molar-refractivity contribution in [2.75, 3.05) is 13.1 Å². The molecule has 1 fully saturated rings. The molecule has 0 N–H and O–H groups in total. The maximum atomic E-state index is 13.9. The van der Waals surface area contributed by atoms with Gasteiger partial charge in [-0.25, -0.2) is 21.6 Å². The molecule has 4 rings (SSSR count). The van der Waals surface area contributed by atoms with E-state index in [1.807, 2.05) is 0 Å². The van der Waals surface area contributed by atoms with Crippen LogP contribution in [0.5, 0.6) is 0 Å². The summed E-state index contributed by atoms with van der Waals surface area (Å²) in [6.45, 7) is 0.286. The molecular formula is C19H16F3N3O3S. The highest BCUT2D eigenvalue weighted by Gasteiger charge is 2.33. The van der Waals surface area contributed by atoms with Crippen LogP contribution >= 0.6 is 0 Å². The predicted molar refractivity (Wildman–Crippen MR) is 96.8 cm³/mol. The summed E-state index contributed by atoms with van der Waals surface area (Å²) in [6.07, 6.45) is 0.842. The van der Waals surface area contributed by atoms with Gasteiger partial charge >= 0.3 is 0 Å². The topological polar surface area (TPSA) is 76.3 Å². The normalized spacial score (nSPS) is 16.2. The number of aromatic nitrogens is 2. The van der Waals surface area contributed by atoms with Gasteiger partial charge in [-0.15, -0.1) is 0 Å². The molecule has 1 aliphatic rings.